The number of hydrogen-bond donors (Lipinski definition) is 0. The lowest BCUT2D eigenvalue weighted by Gasteiger charge is -2.29. The predicted molar refractivity (Wildman–Crippen MR) is 121 cm³/mol. The van der Waals surface area contributed by atoms with Gasteiger partial charge >= 0.3 is 0 Å². The fourth-order valence-electron chi connectivity index (χ4n) is 4.11. The Hall–Kier alpha value is -2.96. The van der Waals surface area contributed by atoms with Crippen LogP contribution in [-0.2, 0) is 0 Å². The standard InChI is InChI=1S/C23H23N5O.ClH/c1-26-15-12-18(13-16-26)28-21(29)11-10-19(24-28)22-20-9-5-6-14-27(20)25-23(22)17-7-3-2-4-8-17;/h2-11,14,18H,12-13,15-16H2,1H3;1H. The van der Waals surface area contributed by atoms with Gasteiger partial charge in [0.2, 0.25) is 0 Å². The van der Waals surface area contributed by atoms with Crippen molar-refractivity contribution in [3.63, 3.8) is 0 Å². The molecule has 1 fully saturated rings. The molecule has 6 nitrogen and oxygen atoms in total. The van der Waals surface area contributed by atoms with Gasteiger partial charge in [-0.25, -0.2) is 9.20 Å². The first-order valence-corrected chi connectivity index (χ1v) is 10.0. The Morgan fingerprint density at radius 3 is 2.40 bits per heavy atom. The Bertz CT molecular complexity index is 1210. The molecule has 1 aromatic carbocycles. The summed E-state index contributed by atoms with van der Waals surface area (Å²) in [5.41, 5.74) is 4.58. The highest BCUT2D eigenvalue weighted by atomic mass is 35.5. The van der Waals surface area contributed by atoms with Crippen LogP contribution in [0.15, 0.2) is 71.7 Å². The van der Waals surface area contributed by atoms with Crippen molar-refractivity contribution in [2.24, 2.45) is 0 Å². The molecule has 4 aromatic rings. The van der Waals surface area contributed by atoms with Crippen molar-refractivity contribution in [3.8, 4) is 22.5 Å². The van der Waals surface area contributed by atoms with E-state index in [1.165, 1.54) is 0 Å². The number of nitrogens with zero attached hydrogens (tertiary/aromatic N) is 5. The Morgan fingerprint density at radius 2 is 1.63 bits per heavy atom. The van der Waals surface area contributed by atoms with Gasteiger partial charge in [-0.05, 0) is 51.2 Å². The van der Waals surface area contributed by atoms with Gasteiger partial charge in [-0.2, -0.15) is 10.2 Å². The van der Waals surface area contributed by atoms with Gasteiger partial charge in [0, 0.05) is 17.8 Å². The van der Waals surface area contributed by atoms with E-state index in [1.807, 2.05) is 53.2 Å². The largest absolute Gasteiger partial charge is 0.306 e. The maximum Gasteiger partial charge on any atom is 0.267 e. The minimum atomic E-state index is -0.0407. The minimum Gasteiger partial charge on any atom is -0.306 e. The van der Waals surface area contributed by atoms with E-state index in [2.05, 4.69) is 24.1 Å². The molecule has 1 saturated heterocycles. The second kappa shape index (κ2) is 8.42. The predicted octanol–water partition coefficient (Wildman–Crippen LogP) is 3.91. The van der Waals surface area contributed by atoms with E-state index in [4.69, 9.17) is 10.2 Å². The van der Waals surface area contributed by atoms with E-state index in [0.29, 0.717) is 0 Å². The van der Waals surface area contributed by atoms with E-state index in [9.17, 15) is 4.79 Å². The van der Waals surface area contributed by atoms with E-state index in [1.54, 1.807) is 10.7 Å². The molecule has 0 atom stereocenters. The lowest BCUT2D eigenvalue weighted by molar-refractivity contribution is 0.208. The van der Waals surface area contributed by atoms with Crippen LogP contribution >= 0.6 is 12.4 Å². The summed E-state index contributed by atoms with van der Waals surface area (Å²) >= 11 is 0. The summed E-state index contributed by atoms with van der Waals surface area (Å²) in [6.45, 7) is 1.96. The number of pyridine rings is 1. The van der Waals surface area contributed by atoms with Crippen LogP contribution in [0.3, 0.4) is 0 Å². The average Bonchev–Trinajstić information content (AvgIpc) is 3.15. The van der Waals surface area contributed by atoms with Gasteiger partial charge in [-0.15, -0.1) is 12.4 Å². The molecule has 0 saturated carbocycles. The summed E-state index contributed by atoms with van der Waals surface area (Å²) < 4.78 is 3.56. The third-order valence-corrected chi connectivity index (χ3v) is 5.70. The summed E-state index contributed by atoms with van der Waals surface area (Å²) in [6, 6.07) is 19.7. The number of piperidine rings is 1. The number of aromatic nitrogens is 4. The summed E-state index contributed by atoms with van der Waals surface area (Å²) in [5.74, 6) is 0. The monoisotopic (exact) mass is 421 g/mol. The zero-order valence-corrected chi connectivity index (χ0v) is 17.6. The fourth-order valence-corrected chi connectivity index (χ4v) is 4.11. The second-order valence-electron chi connectivity index (χ2n) is 7.66. The molecule has 1 aliphatic rings. The van der Waals surface area contributed by atoms with Crippen LogP contribution in [0.1, 0.15) is 18.9 Å². The summed E-state index contributed by atoms with van der Waals surface area (Å²) in [6.07, 6.45) is 3.82. The van der Waals surface area contributed by atoms with E-state index in [0.717, 1.165) is 54.0 Å². The summed E-state index contributed by atoms with van der Waals surface area (Å²) in [5, 5.41) is 9.65. The molecule has 7 heteroatoms. The smallest absolute Gasteiger partial charge is 0.267 e. The molecular weight excluding hydrogens is 398 g/mol. The van der Waals surface area contributed by atoms with Crippen LogP contribution < -0.4 is 5.56 Å². The molecule has 4 heterocycles. The third-order valence-electron chi connectivity index (χ3n) is 5.70. The number of likely N-dealkylation sites (tertiary alicyclic amines) is 1. The van der Waals surface area contributed by atoms with Crippen LogP contribution in [0.2, 0.25) is 0 Å². The molecule has 0 bridgehead atoms. The van der Waals surface area contributed by atoms with Crippen molar-refractivity contribution in [3.05, 3.63) is 77.2 Å². The highest BCUT2D eigenvalue weighted by Crippen LogP contribution is 2.34. The van der Waals surface area contributed by atoms with Gasteiger partial charge in [0.1, 0.15) is 5.69 Å². The van der Waals surface area contributed by atoms with Gasteiger partial charge in [0.15, 0.2) is 0 Å². The Labute approximate surface area is 181 Å². The molecule has 0 unspecified atom stereocenters. The molecule has 3 aromatic heterocycles. The molecule has 0 N–H and O–H groups in total. The number of hydrogen-bond acceptors (Lipinski definition) is 4. The topological polar surface area (TPSA) is 55.4 Å². The van der Waals surface area contributed by atoms with Crippen LogP contribution in [0.4, 0.5) is 0 Å². The average molecular weight is 422 g/mol. The summed E-state index contributed by atoms with van der Waals surface area (Å²) in [7, 11) is 2.12. The normalized spacial score (nSPS) is 15.2. The maximum atomic E-state index is 12.6. The molecule has 5 rings (SSSR count). The number of rotatable bonds is 3. The van der Waals surface area contributed by atoms with E-state index < -0.39 is 0 Å². The quantitative estimate of drug-likeness (QED) is 0.503. The van der Waals surface area contributed by atoms with Crippen molar-refractivity contribution in [2.75, 3.05) is 20.1 Å². The van der Waals surface area contributed by atoms with Crippen molar-refractivity contribution in [1.29, 1.82) is 0 Å². The Kier molecular flexibility index (Phi) is 5.70. The molecule has 30 heavy (non-hydrogen) atoms. The van der Waals surface area contributed by atoms with Crippen LogP contribution in [0, 0.1) is 0 Å². The summed E-state index contributed by atoms with van der Waals surface area (Å²) in [4.78, 5) is 14.9. The lowest BCUT2D eigenvalue weighted by atomic mass is 10.0. The Morgan fingerprint density at radius 1 is 0.900 bits per heavy atom. The molecule has 1 aliphatic heterocycles. The minimum absolute atomic E-state index is 0. The highest BCUT2D eigenvalue weighted by molar-refractivity contribution is 5.90. The van der Waals surface area contributed by atoms with Crippen LogP contribution in [-0.4, -0.2) is 44.4 Å². The lowest BCUT2D eigenvalue weighted by Crippen LogP contribution is -2.36. The molecular formula is C23H24ClN5O. The van der Waals surface area contributed by atoms with Gasteiger partial charge in [0.05, 0.1) is 22.8 Å². The first kappa shape index (κ1) is 20.3. The van der Waals surface area contributed by atoms with Crippen molar-refractivity contribution in [1.82, 2.24) is 24.3 Å². The fraction of sp³-hybridized carbons (Fsp3) is 0.261. The number of fused-ring (bicyclic) bond motifs is 1. The van der Waals surface area contributed by atoms with Gasteiger partial charge in [0.25, 0.3) is 5.56 Å². The van der Waals surface area contributed by atoms with Crippen LogP contribution in [0.5, 0.6) is 0 Å². The SMILES string of the molecule is CN1CCC(n2nc(-c3c(-c4ccccc4)nn4ccccc34)ccc2=O)CC1.Cl. The van der Waals surface area contributed by atoms with Gasteiger partial charge in [-0.3, -0.25) is 4.79 Å². The molecule has 0 amide bonds. The zero-order chi connectivity index (χ0) is 19.8. The highest BCUT2D eigenvalue weighted by Gasteiger charge is 2.22. The van der Waals surface area contributed by atoms with Crippen molar-refractivity contribution < 1.29 is 0 Å². The van der Waals surface area contributed by atoms with Crippen molar-refractivity contribution >= 4 is 17.9 Å². The van der Waals surface area contributed by atoms with Crippen molar-refractivity contribution in [2.45, 2.75) is 18.9 Å². The van der Waals surface area contributed by atoms with Gasteiger partial charge in [-0.1, -0.05) is 36.4 Å². The molecule has 0 aliphatic carbocycles. The van der Waals surface area contributed by atoms with Crippen LogP contribution in [0.25, 0.3) is 28.0 Å². The molecule has 0 spiro atoms. The van der Waals surface area contributed by atoms with E-state index in [-0.39, 0.29) is 24.0 Å². The number of benzene rings is 1. The Balaban J connectivity index is 0.00000218. The first-order valence-electron chi connectivity index (χ1n) is 10.0. The zero-order valence-electron chi connectivity index (χ0n) is 16.8. The molecule has 154 valence electrons. The molecule has 0 radical (unpaired) electrons. The third kappa shape index (κ3) is 3.64. The number of halogens is 1. The van der Waals surface area contributed by atoms with Gasteiger partial charge < -0.3 is 4.90 Å². The second-order valence-corrected chi connectivity index (χ2v) is 7.66. The first-order chi connectivity index (χ1) is 14.2. The van der Waals surface area contributed by atoms with E-state index >= 15 is 0 Å². The maximum absolute atomic E-state index is 12.6.